The molecule has 0 aliphatic heterocycles. The van der Waals surface area contributed by atoms with Crippen LogP contribution in [0.4, 0.5) is 8.78 Å². The van der Waals surface area contributed by atoms with E-state index in [0.29, 0.717) is 16.9 Å². The van der Waals surface area contributed by atoms with Crippen LogP contribution < -0.4 is 10.1 Å². The lowest BCUT2D eigenvalue weighted by atomic mass is 10.1. The third kappa shape index (κ3) is 3.48. The minimum absolute atomic E-state index is 0.253. The molecule has 0 unspecified atom stereocenters. The van der Waals surface area contributed by atoms with Crippen molar-refractivity contribution in [2.75, 3.05) is 13.7 Å². The molecule has 0 heterocycles. The van der Waals surface area contributed by atoms with E-state index in [-0.39, 0.29) is 13.1 Å². The molecule has 0 bridgehead atoms. The van der Waals surface area contributed by atoms with Crippen molar-refractivity contribution >= 4 is 0 Å². The van der Waals surface area contributed by atoms with Crippen molar-refractivity contribution in [2.24, 2.45) is 0 Å². The van der Waals surface area contributed by atoms with E-state index in [0.717, 1.165) is 0 Å². The Morgan fingerprint density at radius 1 is 1.50 bits per heavy atom. The van der Waals surface area contributed by atoms with E-state index in [9.17, 15) is 8.78 Å². The van der Waals surface area contributed by atoms with Gasteiger partial charge in [-0.1, -0.05) is 0 Å². The highest BCUT2D eigenvalue weighted by atomic mass is 19.3. The average molecular weight is 226 g/mol. The highest BCUT2D eigenvalue weighted by Gasteiger charge is 2.06. The molecule has 1 aromatic rings. The lowest BCUT2D eigenvalue weighted by molar-refractivity contribution is 0.145. The number of nitrogens with one attached hydrogen (secondary N) is 1. The molecule has 0 aliphatic rings. The van der Waals surface area contributed by atoms with E-state index < -0.39 is 6.43 Å². The maximum atomic E-state index is 11.9. The minimum atomic E-state index is -2.38. The van der Waals surface area contributed by atoms with Crippen molar-refractivity contribution < 1.29 is 13.5 Å². The number of rotatable bonds is 5. The third-order valence-electron chi connectivity index (χ3n) is 2.02. The van der Waals surface area contributed by atoms with Crippen LogP contribution in [-0.4, -0.2) is 20.1 Å². The van der Waals surface area contributed by atoms with Crippen LogP contribution in [0.25, 0.3) is 0 Å². The van der Waals surface area contributed by atoms with Crippen LogP contribution in [0.3, 0.4) is 0 Å². The summed E-state index contributed by atoms with van der Waals surface area (Å²) >= 11 is 0. The van der Waals surface area contributed by atoms with Gasteiger partial charge in [0, 0.05) is 12.1 Å². The van der Waals surface area contributed by atoms with E-state index in [1.165, 1.54) is 7.11 Å². The molecule has 1 aromatic carbocycles. The number of nitriles is 1. The number of hydrogen-bond donors (Lipinski definition) is 1. The van der Waals surface area contributed by atoms with Crippen LogP contribution in [0.5, 0.6) is 5.75 Å². The van der Waals surface area contributed by atoms with Gasteiger partial charge in [-0.2, -0.15) is 5.26 Å². The highest BCUT2D eigenvalue weighted by Crippen LogP contribution is 2.19. The number of ether oxygens (including phenoxy) is 1. The molecule has 0 saturated heterocycles. The Bertz CT molecular complexity index is 388. The van der Waals surface area contributed by atoms with Gasteiger partial charge in [0.1, 0.15) is 5.75 Å². The Morgan fingerprint density at radius 2 is 2.25 bits per heavy atom. The van der Waals surface area contributed by atoms with Crippen molar-refractivity contribution in [3.8, 4) is 11.8 Å². The summed E-state index contributed by atoms with van der Waals surface area (Å²) in [7, 11) is 1.50. The van der Waals surface area contributed by atoms with Crippen LogP contribution in [-0.2, 0) is 6.54 Å². The first-order valence-corrected chi connectivity index (χ1v) is 4.73. The molecule has 1 N–H and O–H groups in total. The van der Waals surface area contributed by atoms with Gasteiger partial charge in [-0.3, -0.25) is 0 Å². The molecular weight excluding hydrogens is 214 g/mol. The number of halogens is 2. The fourth-order valence-corrected chi connectivity index (χ4v) is 1.30. The molecule has 0 atom stereocenters. The van der Waals surface area contributed by atoms with Gasteiger partial charge in [0.15, 0.2) is 0 Å². The fraction of sp³-hybridized carbons (Fsp3) is 0.364. The van der Waals surface area contributed by atoms with Gasteiger partial charge in [0.05, 0.1) is 25.3 Å². The summed E-state index contributed by atoms with van der Waals surface area (Å²) in [5.74, 6) is 0.584. The van der Waals surface area contributed by atoms with Gasteiger partial charge < -0.3 is 10.1 Å². The van der Waals surface area contributed by atoms with Crippen molar-refractivity contribution in [1.29, 1.82) is 5.26 Å². The maximum Gasteiger partial charge on any atom is 0.250 e. The summed E-state index contributed by atoms with van der Waals surface area (Å²) in [6, 6.07) is 6.88. The number of nitrogens with zero attached hydrogens (tertiary/aromatic N) is 1. The van der Waals surface area contributed by atoms with Gasteiger partial charge in [-0.15, -0.1) is 0 Å². The summed E-state index contributed by atoms with van der Waals surface area (Å²) < 4.78 is 28.9. The highest BCUT2D eigenvalue weighted by molar-refractivity contribution is 5.41. The SMILES string of the molecule is COc1ccc(C#N)cc1CNCC(F)F. The van der Waals surface area contributed by atoms with Gasteiger partial charge in [-0.05, 0) is 18.2 Å². The fourth-order valence-electron chi connectivity index (χ4n) is 1.30. The summed E-state index contributed by atoms with van der Waals surface area (Å²) in [5.41, 5.74) is 1.18. The Morgan fingerprint density at radius 3 is 2.81 bits per heavy atom. The van der Waals surface area contributed by atoms with E-state index in [2.05, 4.69) is 5.32 Å². The Hall–Kier alpha value is -1.67. The Balaban J connectivity index is 2.72. The van der Waals surface area contributed by atoms with Gasteiger partial charge in [-0.25, -0.2) is 8.78 Å². The van der Waals surface area contributed by atoms with Crippen molar-refractivity contribution in [3.05, 3.63) is 29.3 Å². The van der Waals surface area contributed by atoms with Crippen LogP contribution in [0.1, 0.15) is 11.1 Å². The van der Waals surface area contributed by atoms with Crippen LogP contribution >= 0.6 is 0 Å². The van der Waals surface area contributed by atoms with Crippen LogP contribution in [0.2, 0.25) is 0 Å². The Labute approximate surface area is 92.6 Å². The first-order valence-electron chi connectivity index (χ1n) is 4.73. The molecule has 86 valence electrons. The van der Waals surface area contributed by atoms with Crippen molar-refractivity contribution in [3.63, 3.8) is 0 Å². The first kappa shape index (κ1) is 12.4. The van der Waals surface area contributed by atoms with E-state index >= 15 is 0 Å². The van der Waals surface area contributed by atoms with Crippen LogP contribution in [0, 0.1) is 11.3 Å². The lowest BCUT2D eigenvalue weighted by Crippen LogP contribution is -2.20. The molecule has 0 aromatic heterocycles. The summed E-state index contributed by atoms with van der Waals surface area (Å²) in [5, 5.41) is 11.3. The van der Waals surface area contributed by atoms with Gasteiger partial charge >= 0.3 is 0 Å². The van der Waals surface area contributed by atoms with E-state index in [4.69, 9.17) is 10.00 Å². The van der Waals surface area contributed by atoms with Crippen molar-refractivity contribution in [2.45, 2.75) is 13.0 Å². The smallest absolute Gasteiger partial charge is 0.250 e. The second-order valence-electron chi connectivity index (χ2n) is 3.16. The summed E-state index contributed by atoms with van der Waals surface area (Å²) in [4.78, 5) is 0. The molecular formula is C11H12F2N2O. The number of benzene rings is 1. The van der Waals surface area contributed by atoms with E-state index in [1.54, 1.807) is 18.2 Å². The largest absolute Gasteiger partial charge is 0.496 e. The standard InChI is InChI=1S/C11H12F2N2O/c1-16-10-3-2-8(5-14)4-9(10)6-15-7-11(12)13/h2-4,11,15H,6-7H2,1H3. The first-order chi connectivity index (χ1) is 7.67. The zero-order chi connectivity index (χ0) is 12.0. The van der Waals surface area contributed by atoms with Gasteiger partial charge in [0.2, 0.25) is 0 Å². The summed E-state index contributed by atoms with van der Waals surface area (Å²) in [6.07, 6.45) is -2.38. The van der Waals surface area contributed by atoms with Crippen LogP contribution in [0.15, 0.2) is 18.2 Å². The monoisotopic (exact) mass is 226 g/mol. The van der Waals surface area contributed by atoms with Gasteiger partial charge in [0.25, 0.3) is 6.43 Å². The zero-order valence-corrected chi connectivity index (χ0v) is 8.84. The molecule has 0 saturated carbocycles. The minimum Gasteiger partial charge on any atom is -0.496 e. The van der Waals surface area contributed by atoms with E-state index in [1.807, 2.05) is 6.07 Å². The molecule has 0 radical (unpaired) electrons. The Kier molecular flexibility index (Phi) is 4.67. The van der Waals surface area contributed by atoms with Crippen molar-refractivity contribution in [1.82, 2.24) is 5.32 Å². The molecule has 16 heavy (non-hydrogen) atoms. The average Bonchev–Trinajstić information content (AvgIpc) is 2.28. The lowest BCUT2D eigenvalue weighted by Gasteiger charge is -2.09. The zero-order valence-electron chi connectivity index (χ0n) is 8.84. The molecule has 1 rings (SSSR count). The number of hydrogen-bond acceptors (Lipinski definition) is 3. The number of methoxy groups -OCH3 is 1. The molecule has 5 heteroatoms. The number of alkyl halides is 2. The molecule has 0 spiro atoms. The second-order valence-corrected chi connectivity index (χ2v) is 3.16. The quantitative estimate of drug-likeness (QED) is 0.834. The second kappa shape index (κ2) is 6.03. The molecule has 3 nitrogen and oxygen atoms in total. The molecule has 0 amide bonds. The summed E-state index contributed by atoms with van der Waals surface area (Å²) in [6.45, 7) is -0.122. The normalized spacial score (nSPS) is 10.2. The molecule has 0 fully saturated rings. The third-order valence-corrected chi connectivity index (χ3v) is 2.02. The predicted molar refractivity (Wildman–Crippen MR) is 55.4 cm³/mol. The molecule has 0 aliphatic carbocycles. The maximum absolute atomic E-state index is 11.9. The topological polar surface area (TPSA) is 45.0 Å². The predicted octanol–water partition coefficient (Wildman–Crippen LogP) is 1.92.